The summed E-state index contributed by atoms with van der Waals surface area (Å²) in [4.78, 5) is 0. The SMILES string of the molecule is CCSC1CCC(CO)C(O)C(O)C1O. The molecule has 15 heavy (non-hydrogen) atoms. The first kappa shape index (κ1) is 13.3. The Hall–Kier alpha value is 0.190. The van der Waals surface area contributed by atoms with Gasteiger partial charge in [-0.3, -0.25) is 0 Å². The molecule has 0 aliphatic heterocycles. The summed E-state index contributed by atoms with van der Waals surface area (Å²) in [5.74, 6) is 0.547. The molecule has 1 aliphatic rings. The molecule has 5 heteroatoms. The first-order valence-electron chi connectivity index (χ1n) is 5.38. The second-order valence-electron chi connectivity index (χ2n) is 3.99. The Kier molecular flexibility index (Phi) is 5.35. The molecule has 1 rings (SSSR count). The molecule has 5 unspecified atom stereocenters. The molecule has 0 heterocycles. The van der Waals surface area contributed by atoms with Crippen molar-refractivity contribution >= 4 is 11.8 Å². The Bertz CT molecular complexity index is 186. The van der Waals surface area contributed by atoms with Crippen LogP contribution in [0.15, 0.2) is 0 Å². The van der Waals surface area contributed by atoms with E-state index in [4.69, 9.17) is 5.11 Å². The molecule has 4 N–H and O–H groups in total. The Morgan fingerprint density at radius 3 is 2.27 bits per heavy atom. The van der Waals surface area contributed by atoms with E-state index >= 15 is 0 Å². The molecular weight excluding hydrogens is 216 g/mol. The van der Waals surface area contributed by atoms with Crippen molar-refractivity contribution in [1.82, 2.24) is 0 Å². The topological polar surface area (TPSA) is 80.9 Å². The number of hydrogen-bond donors (Lipinski definition) is 4. The lowest BCUT2D eigenvalue weighted by molar-refractivity contribution is -0.0780. The zero-order valence-electron chi connectivity index (χ0n) is 8.91. The molecule has 0 spiro atoms. The van der Waals surface area contributed by atoms with Crippen molar-refractivity contribution < 1.29 is 20.4 Å². The van der Waals surface area contributed by atoms with Gasteiger partial charge in [-0.1, -0.05) is 6.92 Å². The van der Waals surface area contributed by atoms with Crippen molar-refractivity contribution in [2.24, 2.45) is 5.92 Å². The number of aliphatic hydroxyl groups is 4. The zero-order chi connectivity index (χ0) is 11.4. The molecule has 90 valence electrons. The van der Waals surface area contributed by atoms with Crippen LogP contribution in [0.5, 0.6) is 0 Å². The second-order valence-corrected chi connectivity index (χ2v) is 5.50. The van der Waals surface area contributed by atoms with E-state index in [-0.39, 0.29) is 17.8 Å². The van der Waals surface area contributed by atoms with Crippen LogP contribution in [-0.4, -0.2) is 56.3 Å². The molecule has 0 amide bonds. The van der Waals surface area contributed by atoms with Gasteiger partial charge in [0.15, 0.2) is 0 Å². The van der Waals surface area contributed by atoms with Gasteiger partial charge in [0.2, 0.25) is 0 Å². The summed E-state index contributed by atoms with van der Waals surface area (Å²) in [7, 11) is 0. The first-order chi connectivity index (χ1) is 7.11. The summed E-state index contributed by atoms with van der Waals surface area (Å²) in [5, 5.41) is 38.2. The molecular formula is C10H20O4S. The molecule has 0 saturated heterocycles. The second kappa shape index (κ2) is 6.06. The third kappa shape index (κ3) is 3.07. The predicted molar refractivity (Wildman–Crippen MR) is 59.8 cm³/mol. The first-order valence-corrected chi connectivity index (χ1v) is 6.43. The van der Waals surface area contributed by atoms with Gasteiger partial charge in [0.05, 0.1) is 12.2 Å². The van der Waals surface area contributed by atoms with E-state index in [0.29, 0.717) is 6.42 Å². The van der Waals surface area contributed by atoms with Crippen molar-refractivity contribution in [2.45, 2.75) is 43.3 Å². The molecule has 0 radical (unpaired) electrons. The van der Waals surface area contributed by atoms with Gasteiger partial charge >= 0.3 is 0 Å². The predicted octanol–water partition coefficient (Wildman–Crippen LogP) is -0.407. The lowest BCUT2D eigenvalue weighted by atomic mass is 9.96. The van der Waals surface area contributed by atoms with Crippen LogP contribution in [0.2, 0.25) is 0 Å². The van der Waals surface area contributed by atoms with Crippen LogP contribution in [0, 0.1) is 5.92 Å². The van der Waals surface area contributed by atoms with Crippen molar-refractivity contribution in [3.8, 4) is 0 Å². The summed E-state index contributed by atoms with van der Waals surface area (Å²) in [6.07, 6.45) is -1.70. The highest BCUT2D eigenvalue weighted by atomic mass is 32.2. The Morgan fingerprint density at radius 1 is 1.07 bits per heavy atom. The van der Waals surface area contributed by atoms with Gasteiger partial charge in [0.25, 0.3) is 0 Å². The summed E-state index contributed by atoms with van der Waals surface area (Å²) in [6.45, 7) is 1.85. The van der Waals surface area contributed by atoms with Gasteiger partial charge in [-0.25, -0.2) is 0 Å². The van der Waals surface area contributed by atoms with Crippen LogP contribution in [0.3, 0.4) is 0 Å². The van der Waals surface area contributed by atoms with Gasteiger partial charge in [0, 0.05) is 17.8 Å². The quantitative estimate of drug-likeness (QED) is 0.501. The highest BCUT2D eigenvalue weighted by molar-refractivity contribution is 7.99. The van der Waals surface area contributed by atoms with E-state index in [1.807, 2.05) is 6.92 Å². The van der Waals surface area contributed by atoms with Crippen molar-refractivity contribution in [1.29, 1.82) is 0 Å². The standard InChI is InChI=1S/C10H20O4S/c1-2-15-7-4-3-6(5-11)8(12)10(14)9(7)13/h6-14H,2-5H2,1H3. The number of hydrogen-bond acceptors (Lipinski definition) is 5. The van der Waals surface area contributed by atoms with Crippen LogP contribution >= 0.6 is 11.8 Å². The van der Waals surface area contributed by atoms with Gasteiger partial charge in [0.1, 0.15) is 6.10 Å². The van der Waals surface area contributed by atoms with E-state index in [1.54, 1.807) is 11.8 Å². The molecule has 1 aliphatic carbocycles. The maximum atomic E-state index is 9.82. The lowest BCUT2D eigenvalue weighted by Gasteiger charge is -2.26. The van der Waals surface area contributed by atoms with Crippen LogP contribution in [-0.2, 0) is 0 Å². The van der Waals surface area contributed by atoms with Crippen LogP contribution < -0.4 is 0 Å². The highest BCUT2D eigenvalue weighted by Crippen LogP contribution is 2.31. The van der Waals surface area contributed by atoms with Gasteiger partial charge in [-0.05, 0) is 18.6 Å². The summed E-state index contributed by atoms with van der Waals surface area (Å²) < 4.78 is 0. The molecule has 1 saturated carbocycles. The minimum Gasteiger partial charge on any atom is -0.396 e. The van der Waals surface area contributed by atoms with Crippen LogP contribution in [0.4, 0.5) is 0 Å². The monoisotopic (exact) mass is 236 g/mol. The fourth-order valence-electron chi connectivity index (χ4n) is 2.02. The highest BCUT2D eigenvalue weighted by Gasteiger charge is 2.38. The van der Waals surface area contributed by atoms with Gasteiger partial charge < -0.3 is 20.4 Å². The largest absolute Gasteiger partial charge is 0.396 e. The minimum atomic E-state index is -1.14. The normalized spacial score (nSPS) is 42.6. The third-order valence-electron chi connectivity index (χ3n) is 3.00. The Labute approximate surface area is 94.3 Å². The summed E-state index contributed by atoms with van der Waals surface area (Å²) in [6, 6.07) is 0. The fraction of sp³-hybridized carbons (Fsp3) is 1.00. The van der Waals surface area contributed by atoms with Gasteiger partial charge in [-0.15, -0.1) is 0 Å². The molecule has 5 atom stereocenters. The van der Waals surface area contributed by atoms with Crippen molar-refractivity contribution in [3.63, 3.8) is 0 Å². The average molecular weight is 236 g/mol. The smallest absolute Gasteiger partial charge is 0.107 e. The van der Waals surface area contributed by atoms with E-state index in [0.717, 1.165) is 12.2 Å². The van der Waals surface area contributed by atoms with Crippen LogP contribution in [0.25, 0.3) is 0 Å². The minimum absolute atomic E-state index is 0.0452. The lowest BCUT2D eigenvalue weighted by Crippen LogP contribution is -2.44. The van der Waals surface area contributed by atoms with E-state index in [2.05, 4.69) is 0 Å². The molecule has 4 nitrogen and oxygen atoms in total. The summed E-state index contributed by atoms with van der Waals surface area (Å²) >= 11 is 1.59. The zero-order valence-corrected chi connectivity index (χ0v) is 9.73. The third-order valence-corrected chi connectivity index (χ3v) is 4.28. The molecule has 0 aromatic heterocycles. The Balaban J connectivity index is 2.68. The average Bonchev–Trinajstić information content (AvgIpc) is 2.33. The number of rotatable bonds is 3. The Morgan fingerprint density at radius 2 is 1.73 bits per heavy atom. The summed E-state index contributed by atoms with van der Waals surface area (Å²) in [5.41, 5.74) is 0. The maximum Gasteiger partial charge on any atom is 0.107 e. The van der Waals surface area contributed by atoms with Crippen molar-refractivity contribution in [3.05, 3.63) is 0 Å². The molecule has 1 fully saturated rings. The molecule has 0 aromatic carbocycles. The fourth-order valence-corrected chi connectivity index (χ4v) is 3.11. The molecule has 0 aromatic rings. The van der Waals surface area contributed by atoms with Crippen LogP contribution in [0.1, 0.15) is 19.8 Å². The van der Waals surface area contributed by atoms with Crippen molar-refractivity contribution in [2.75, 3.05) is 12.4 Å². The van der Waals surface area contributed by atoms with E-state index < -0.39 is 18.3 Å². The van der Waals surface area contributed by atoms with E-state index in [1.165, 1.54) is 0 Å². The van der Waals surface area contributed by atoms with Gasteiger partial charge in [-0.2, -0.15) is 11.8 Å². The number of thioether (sulfide) groups is 1. The van der Waals surface area contributed by atoms with E-state index in [9.17, 15) is 15.3 Å². The molecule has 0 bridgehead atoms. The maximum absolute atomic E-state index is 9.82. The number of aliphatic hydroxyl groups excluding tert-OH is 4.